The van der Waals surface area contributed by atoms with Crippen molar-refractivity contribution < 1.29 is 8.78 Å². The third-order valence-electron chi connectivity index (χ3n) is 2.84. The fraction of sp³-hybridized carbons (Fsp3) is 0.700. The molecule has 5 nitrogen and oxygen atoms in total. The molecule has 1 aromatic rings. The summed E-state index contributed by atoms with van der Waals surface area (Å²) in [5, 5.41) is -0.639. The number of nitrogens with zero attached hydrogens (tertiary/aromatic N) is 3. The highest BCUT2D eigenvalue weighted by molar-refractivity contribution is 6.21. The molecule has 0 radical (unpaired) electrons. The zero-order valence-corrected chi connectivity index (χ0v) is 10.4. The lowest BCUT2D eigenvalue weighted by Gasteiger charge is -2.22. The lowest BCUT2D eigenvalue weighted by molar-refractivity contribution is 0.0845. The standard InChI is InChI=1S/C10H14ClF2N5/c11-10(12,13)7-16-8(14)18-9(17-7)15-6-4-2-1-3-5-6/h6H,1-5H2,(H3,14,15,16,17,18). The second kappa shape index (κ2) is 5.17. The Balaban J connectivity index is 2.14. The van der Waals surface area contributed by atoms with Crippen molar-refractivity contribution in [2.75, 3.05) is 11.1 Å². The van der Waals surface area contributed by atoms with E-state index in [1.54, 1.807) is 0 Å². The molecule has 0 bridgehead atoms. The summed E-state index contributed by atoms with van der Waals surface area (Å²) in [4.78, 5) is 10.7. The smallest absolute Gasteiger partial charge is 0.368 e. The second-order valence-corrected chi connectivity index (χ2v) is 4.79. The average molecular weight is 278 g/mol. The Morgan fingerprint density at radius 3 is 2.44 bits per heavy atom. The van der Waals surface area contributed by atoms with Gasteiger partial charge in [-0.1, -0.05) is 19.3 Å². The third kappa shape index (κ3) is 3.38. The van der Waals surface area contributed by atoms with Gasteiger partial charge in [0.2, 0.25) is 17.7 Å². The van der Waals surface area contributed by atoms with Crippen LogP contribution < -0.4 is 11.1 Å². The Morgan fingerprint density at radius 2 is 1.83 bits per heavy atom. The number of hydrogen-bond donors (Lipinski definition) is 2. The fourth-order valence-corrected chi connectivity index (χ4v) is 2.10. The molecule has 1 aromatic heterocycles. The molecule has 0 aromatic carbocycles. The van der Waals surface area contributed by atoms with Crippen molar-refractivity contribution in [2.45, 2.75) is 43.5 Å². The first-order valence-electron chi connectivity index (χ1n) is 5.80. The van der Waals surface area contributed by atoms with Crippen molar-refractivity contribution in [1.82, 2.24) is 15.0 Å². The molecule has 0 spiro atoms. The normalized spacial score (nSPS) is 17.7. The van der Waals surface area contributed by atoms with Gasteiger partial charge in [-0.2, -0.15) is 23.7 Å². The van der Waals surface area contributed by atoms with Crippen LogP contribution in [0.4, 0.5) is 20.7 Å². The van der Waals surface area contributed by atoms with Crippen molar-refractivity contribution in [1.29, 1.82) is 0 Å². The minimum absolute atomic E-state index is 0.0599. The topological polar surface area (TPSA) is 76.7 Å². The van der Waals surface area contributed by atoms with Crippen LogP contribution in [0.25, 0.3) is 0 Å². The molecule has 1 aliphatic rings. The summed E-state index contributed by atoms with van der Waals surface area (Å²) < 4.78 is 25.8. The van der Waals surface area contributed by atoms with E-state index in [4.69, 9.17) is 17.3 Å². The minimum atomic E-state index is -3.64. The maximum Gasteiger partial charge on any atom is 0.381 e. The summed E-state index contributed by atoms with van der Waals surface area (Å²) in [6.07, 6.45) is 5.35. The predicted octanol–water partition coefficient (Wildman–Crippen LogP) is 2.49. The molecular formula is C10H14ClF2N5. The number of aromatic nitrogens is 3. The van der Waals surface area contributed by atoms with Gasteiger partial charge in [-0.15, -0.1) is 0 Å². The van der Waals surface area contributed by atoms with E-state index in [9.17, 15) is 8.78 Å². The third-order valence-corrected chi connectivity index (χ3v) is 3.01. The van der Waals surface area contributed by atoms with E-state index in [0.29, 0.717) is 0 Å². The highest BCUT2D eigenvalue weighted by Gasteiger charge is 2.33. The van der Waals surface area contributed by atoms with E-state index in [0.717, 1.165) is 25.7 Å². The Hall–Kier alpha value is -1.24. The van der Waals surface area contributed by atoms with Gasteiger partial charge in [-0.05, 0) is 24.4 Å². The Bertz CT molecular complexity index is 417. The molecule has 0 aliphatic heterocycles. The Kier molecular flexibility index (Phi) is 3.79. The summed E-state index contributed by atoms with van der Waals surface area (Å²) in [6.45, 7) is 0. The van der Waals surface area contributed by atoms with E-state index >= 15 is 0 Å². The number of alkyl halides is 3. The highest BCUT2D eigenvalue weighted by atomic mass is 35.5. The first-order valence-corrected chi connectivity index (χ1v) is 6.18. The van der Waals surface area contributed by atoms with Crippen molar-refractivity contribution in [3.63, 3.8) is 0 Å². The van der Waals surface area contributed by atoms with Crippen LogP contribution in [0, 0.1) is 0 Å². The van der Waals surface area contributed by atoms with Crippen molar-refractivity contribution >= 4 is 23.5 Å². The first-order chi connectivity index (χ1) is 8.45. The van der Waals surface area contributed by atoms with Gasteiger partial charge in [0.25, 0.3) is 0 Å². The molecule has 2 rings (SSSR count). The summed E-state index contributed by atoms with van der Waals surface area (Å²) in [7, 11) is 0. The van der Waals surface area contributed by atoms with Gasteiger partial charge in [-0.25, -0.2) is 0 Å². The molecule has 1 saturated carbocycles. The van der Waals surface area contributed by atoms with E-state index in [1.807, 2.05) is 0 Å². The summed E-state index contributed by atoms with van der Waals surface area (Å²) >= 11 is 4.88. The number of nitrogens with two attached hydrogens (primary N) is 1. The molecule has 3 N–H and O–H groups in total. The van der Waals surface area contributed by atoms with Gasteiger partial charge in [0.15, 0.2) is 0 Å². The molecule has 1 aliphatic carbocycles. The molecule has 8 heteroatoms. The van der Waals surface area contributed by atoms with Crippen LogP contribution in [0.1, 0.15) is 37.9 Å². The molecule has 18 heavy (non-hydrogen) atoms. The Labute approximate surface area is 108 Å². The zero-order chi connectivity index (χ0) is 13.2. The molecule has 0 unspecified atom stereocenters. The van der Waals surface area contributed by atoms with Crippen LogP contribution in [0.15, 0.2) is 0 Å². The van der Waals surface area contributed by atoms with E-state index < -0.39 is 11.2 Å². The molecule has 0 amide bonds. The van der Waals surface area contributed by atoms with Crippen LogP contribution in [0.2, 0.25) is 0 Å². The van der Waals surface area contributed by atoms with E-state index in [-0.39, 0.29) is 17.9 Å². The number of rotatable bonds is 3. The quantitative estimate of drug-likeness (QED) is 0.830. The van der Waals surface area contributed by atoms with E-state index in [1.165, 1.54) is 6.42 Å². The predicted molar refractivity (Wildman–Crippen MR) is 64.5 cm³/mol. The number of nitrogen functional groups attached to an aromatic ring is 1. The molecule has 1 heterocycles. The van der Waals surface area contributed by atoms with Gasteiger partial charge in [0.1, 0.15) is 0 Å². The lowest BCUT2D eigenvalue weighted by Crippen LogP contribution is -2.25. The summed E-state index contributed by atoms with van der Waals surface area (Å²) in [6, 6.07) is 0.192. The number of anilines is 2. The number of hydrogen-bond acceptors (Lipinski definition) is 5. The second-order valence-electron chi connectivity index (χ2n) is 4.32. The van der Waals surface area contributed by atoms with Crippen LogP contribution in [0.5, 0.6) is 0 Å². The molecular weight excluding hydrogens is 264 g/mol. The maximum atomic E-state index is 12.9. The van der Waals surface area contributed by atoms with Gasteiger partial charge < -0.3 is 11.1 Å². The monoisotopic (exact) mass is 277 g/mol. The molecule has 100 valence electrons. The van der Waals surface area contributed by atoms with Gasteiger partial charge >= 0.3 is 5.38 Å². The number of nitrogens with one attached hydrogen (secondary N) is 1. The van der Waals surface area contributed by atoms with Crippen molar-refractivity contribution in [2.24, 2.45) is 0 Å². The lowest BCUT2D eigenvalue weighted by atomic mass is 9.96. The average Bonchev–Trinajstić information content (AvgIpc) is 2.28. The van der Waals surface area contributed by atoms with Crippen LogP contribution >= 0.6 is 11.6 Å². The van der Waals surface area contributed by atoms with Crippen LogP contribution in [0.3, 0.4) is 0 Å². The first kappa shape index (κ1) is 13.2. The molecule has 1 fully saturated rings. The number of halogens is 3. The van der Waals surface area contributed by atoms with Crippen LogP contribution in [-0.2, 0) is 5.38 Å². The largest absolute Gasteiger partial charge is 0.381 e. The van der Waals surface area contributed by atoms with E-state index in [2.05, 4.69) is 20.3 Å². The molecule has 0 saturated heterocycles. The van der Waals surface area contributed by atoms with Gasteiger partial charge in [-0.3, -0.25) is 0 Å². The summed E-state index contributed by atoms with van der Waals surface area (Å²) in [5.74, 6) is -1.03. The summed E-state index contributed by atoms with van der Waals surface area (Å²) in [5.41, 5.74) is 5.37. The Morgan fingerprint density at radius 1 is 1.17 bits per heavy atom. The van der Waals surface area contributed by atoms with Crippen molar-refractivity contribution in [3.05, 3.63) is 5.82 Å². The zero-order valence-electron chi connectivity index (χ0n) is 9.67. The SMILES string of the molecule is Nc1nc(NC2CCCCC2)nc(C(F)(F)Cl)n1. The minimum Gasteiger partial charge on any atom is -0.368 e. The highest BCUT2D eigenvalue weighted by Crippen LogP contribution is 2.30. The van der Waals surface area contributed by atoms with Gasteiger partial charge in [0.05, 0.1) is 0 Å². The van der Waals surface area contributed by atoms with Crippen LogP contribution in [-0.4, -0.2) is 21.0 Å². The van der Waals surface area contributed by atoms with Gasteiger partial charge in [0, 0.05) is 6.04 Å². The maximum absolute atomic E-state index is 12.9. The fourth-order valence-electron chi connectivity index (χ4n) is 2.01. The van der Waals surface area contributed by atoms with Crippen molar-refractivity contribution in [3.8, 4) is 0 Å². The molecule has 0 atom stereocenters.